The van der Waals surface area contributed by atoms with Crippen LogP contribution in [0.3, 0.4) is 0 Å². The van der Waals surface area contributed by atoms with Gasteiger partial charge >= 0.3 is 5.97 Å². The average Bonchev–Trinajstić information content (AvgIpc) is 3.26. The normalized spacial score (nSPS) is 10.3. The van der Waals surface area contributed by atoms with E-state index < -0.39 is 18.4 Å². The average molecular weight is 368 g/mol. The Morgan fingerprint density at radius 3 is 2.44 bits per heavy atom. The van der Waals surface area contributed by atoms with Gasteiger partial charge in [0.05, 0.1) is 31.0 Å². The number of rotatable bonds is 7. The zero-order chi connectivity index (χ0) is 19.2. The summed E-state index contributed by atoms with van der Waals surface area (Å²) < 4.78 is 16.8. The van der Waals surface area contributed by atoms with Crippen molar-refractivity contribution in [3.05, 3.63) is 59.9 Å². The molecule has 0 unspecified atom stereocenters. The van der Waals surface area contributed by atoms with E-state index in [1.807, 2.05) is 0 Å². The molecule has 1 heterocycles. The first-order valence-electron chi connectivity index (χ1n) is 7.88. The van der Waals surface area contributed by atoms with Crippen molar-refractivity contribution in [3.63, 3.8) is 0 Å². The smallest absolute Gasteiger partial charge is 0.338 e. The van der Waals surface area contributed by atoms with Crippen LogP contribution in [0.25, 0.3) is 5.69 Å². The number of carbonyl (C=O) groups is 2. The fourth-order valence-electron chi connectivity index (χ4n) is 2.35. The highest BCUT2D eigenvalue weighted by Crippen LogP contribution is 2.24. The molecule has 0 aliphatic heterocycles. The molecule has 3 aromatic rings. The maximum absolute atomic E-state index is 12.4. The van der Waals surface area contributed by atoms with Crippen LogP contribution in [-0.2, 0) is 4.74 Å². The van der Waals surface area contributed by atoms with Crippen LogP contribution >= 0.6 is 0 Å². The van der Waals surface area contributed by atoms with Gasteiger partial charge in [-0.05, 0) is 52.9 Å². The summed E-state index contributed by atoms with van der Waals surface area (Å²) in [7, 11) is 2.95. The molecule has 0 fully saturated rings. The maximum Gasteiger partial charge on any atom is 0.338 e. The lowest BCUT2D eigenvalue weighted by molar-refractivity contribution is 0.0474. The Balaban J connectivity index is 1.66. The lowest BCUT2D eigenvalue weighted by atomic mass is 10.1. The van der Waals surface area contributed by atoms with Crippen molar-refractivity contribution in [2.24, 2.45) is 0 Å². The van der Waals surface area contributed by atoms with Crippen molar-refractivity contribution < 1.29 is 23.8 Å². The quantitative estimate of drug-likeness (QED) is 0.458. The molecule has 0 saturated carbocycles. The molecule has 138 valence electrons. The maximum atomic E-state index is 12.4. The summed E-state index contributed by atoms with van der Waals surface area (Å²) in [6.45, 7) is -0.420. The Labute approximate surface area is 154 Å². The third-order valence-corrected chi connectivity index (χ3v) is 3.76. The summed E-state index contributed by atoms with van der Waals surface area (Å²) in [6.07, 6.45) is 1.44. The number of Topliss-reactive ketones (excluding diaryl/α,β-unsaturated/α-hetero) is 1. The second kappa shape index (κ2) is 8.09. The Kier molecular flexibility index (Phi) is 5.41. The van der Waals surface area contributed by atoms with Crippen LogP contribution in [0.4, 0.5) is 0 Å². The minimum absolute atomic E-state index is 0.277. The van der Waals surface area contributed by atoms with E-state index in [0.717, 1.165) is 0 Å². The van der Waals surface area contributed by atoms with Crippen molar-refractivity contribution in [1.29, 1.82) is 0 Å². The molecule has 1 aromatic heterocycles. The van der Waals surface area contributed by atoms with E-state index in [1.54, 1.807) is 36.4 Å². The lowest BCUT2D eigenvalue weighted by Crippen LogP contribution is -2.15. The van der Waals surface area contributed by atoms with Crippen molar-refractivity contribution in [3.8, 4) is 17.2 Å². The standard InChI is InChI=1S/C18H16N4O5/c1-25-14-7-8-17(26-2)15(9-14)16(23)10-27-18(24)12-3-5-13(6-4-12)22-11-19-20-21-22/h3-9,11H,10H2,1-2H3. The van der Waals surface area contributed by atoms with Gasteiger partial charge < -0.3 is 14.2 Å². The second-order valence-electron chi connectivity index (χ2n) is 5.37. The summed E-state index contributed by atoms with van der Waals surface area (Å²) in [6, 6.07) is 11.3. The minimum Gasteiger partial charge on any atom is -0.497 e. The number of hydrogen-bond acceptors (Lipinski definition) is 8. The van der Waals surface area contributed by atoms with Gasteiger partial charge in [0.1, 0.15) is 17.8 Å². The minimum atomic E-state index is -0.617. The lowest BCUT2D eigenvalue weighted by Gasteiger charge is -2.10. The van der Waals surface area contributed by atoms with E-state index in [0.29, 0.717) is 22.7 Å². The van der Waals surface area contributed by atoms with Gasteiger partial charge in [-0.1, -0.05) is 0 Å². The van der Waals surface area contributed by atoms with Crippen molar-refractivity contribution in [2.45, 2.75) is 0 Å². The van der Waals surface area contributed by atoms with Crippen LogP contribution in [0.1, 0.15) is 20.7 Å². The molecule has 2 aromatic carbocycles. The molecule has 0 aliphatic rings. The summed E-state index contributed by atoms with van der Waals surface area (Å²) in [5.41, 5.74) is 1.27. The van der Waals surface area contributed by atoms with Gasteiger partial charge in [0.25, 0.3) is 0 Å². The first kappa shape index (κ1) is 18.1. The topological polar surface area (TPSA) is 105 Å². The van der Waals surface area contributed by atoms with E-state index in [9.17, 15) is 9.59 Å². The SMILES string of the molecule is COc1ccc(OC)c(C(=O)COC(=O)c2ccc(-n3cnnn3)cc2)c1. The summed E-state index contributed by atoms with van der Waals surface area (Å²) >= 11 is 0. The van der Waals surface area contributed by atoms with Crippen LogP contribution < -0.4 is 9.47 Å². The first-order valence-corrected chi connectivity index (χ1v) is 7.88. The van der Waals surface area contributed by atoms with Crippen LogP contribution in [-0.4, -0.2) is 52.8 Å². The van der Waals surface area contributed by atoms with Gasteiger partial charge in [-0.3, -0.25) is 4.79 Å². The number of methoxy groups -OCH3 is 2. The molecule has 0 spiro atoms. The van der Waals surface area contributed by atoms with Crippen LogP contribution in [0.5, 0.6) is 11.5 Å². The number of nitrogens with zero attached hydrogens (tertiary/aromatic N) is 4. The van der Waals surface area contributed by atoms with Gasteiger partial charge in [0.15, 0.2) is 6.61 Å². The molecule has 0 atom stereocenters. The third-order valence-electron chi connectivity index (χ3n) is 3.76. The molecule has 0 aliphatic carbocycles. The van der Waals surface area contributed by atoms with Crippen LogP contribution in [0.15, 0.2) is 48.8 Å². The Hall–Kier alpha value is -3.75. The Bertz CT molecular complexity index is 939. The zero-order valence-electron chi connectivity index (χ0n) is 14.7. The van der Waals surface area contributed by atoms with Crippen molar-refractivity contribution in [1.82, 2.24) is 20.2 Å². The number of tetrazole rings is 1. The van der Waals surface area contributed by atoms with E-state index in [4.69, 9.17) is 14.2 Å². The monoisotopic (exact) mass is 368 g/mol. The van der Waals surface area contributed by atoms with E-state index in [-0.39, 0.29) is 5.56 Å². The molecule has 0 amide bonds. The molecule has 0 N–H and O–H groups in total. The number of ketones is 1. The number of carbonyl (C=O) groups excluding carboxylic acids is 2. The van der Waals surface area contributed by atoms with Crippen molar-refractivity contribution in [2.75, 3.05) is 20.8 Å². The van der Waals surface area contributed by atoms with Gasteiger partial charge in [-0.25, -0.2) is 9.48 Å². The summed E-state index contributed by atoms with van der Waals surface area (Å²) in [4.78, 5) is 24.6. The Morgan fingerprint density at radius 2 is 1.81 bits per heavy atom. The summed E-state index contributed by atoms with van der Waals surface area (Å²) in [5.74, 6) is -0.135. The van der Waals surface area contributed by atoms with Gasteiger partial charge in [0.2, 0.25) is 5.78 Å². The predicted molar refractivity (Wildman–Crippen MR) is 93.3 cm³/mol. The van der Waals surface area contributed by atoms with E-state index in [1.165, 1.54) is 31.3 Å². The van der Waals surface area contributed by atoms with Gasteiger partial charge in [-0.15, -0.1) is 5.10 Å². The number of hydrogen-bond donors (Lipinski definition) is 0. The molecule has 9 heteroatoms. The zero-order valence-corrected chi connectivity index (χ0v) is 14.7. The van der Waals surface area contributed by atoms with E-state index in [2.05, 4.69) is 15.5 Å². The molecule has 9 nitrogen and oxygen atoms in total. The molecule has 0 saturated heterocycles. The summed E-state index contributed by atoms with van der Waals surface area (Å²) in [5, 5.41) is 10.8. The fraction of sp³-hybridized carbons (Fsp3) is 0.167. The number of benzene rings is 2. The highest BCUT2D eigenvalue weighted by molar-refractivity contribution is 6.01. The molecular weight excluding hydrogens is 352 g/mol. The third kappa shape index (κ3) is 4.09. The largest absolute Gasteiger partial charge is 0.497 e. The molecule has 0 radical (unpaired) electrons. The van der Waals surface area contributed by atoms with Crippen LogP contribution in [0, 0.1) is 0 Å². The fourth-order valence-corrected chi connectivity index (χ4v) is 2.35. The molecular formula is C18H16N4O5. The highest BCUT2D eigenvalue weighted by atomic mass is 16.5. The number of aromatic nitrogens is 4. The van der Waals surface area contributed by atoms with E-state index >= 15 is 0 Å². The highest BCUT2D eigenvalue weighted by Gasteiger charge is 2.17. The Morgan fingerprint density at radius 1 is 1.04 bits per heavy atom. The molecule has 0 bridgehead atoms. The molecule has 27 heavy (non-hydrogen) atoms. The number of ether oxygens (including phenoxy) is 3. The predicted octanol–water partition coefficient (Wildman–Crippen LogP) is 1.72. The number of esters is 1. The van der Waals surface area contributed by atoms with Crippen LogP contribution in [0.2, 0.25) is 0 Å². The second-order valence-corrected chi connectivity index (χ2v) is 5.37. The van der Waals surface area contributed by atoms with Gasteiger partial charge in [0, 0.05) is 0 Å². The first-order chi connectivity index (χ1) is 13.1. The van der Waals surface area contributed by atoms with Crippen molar-refractivity contribution >= 4 is 11.8 Å². The van der Waals surface area contributed by atoms with Gasteiger partial charge in [-0.2, -0.15) is 0 Å². The molecule has 3 rings (SSSR count).